The summed E-state index contributed by atoms with van der Waals surface area (Å²) < 4.78 is 15.6. The van der Waals surface area contributed by atoms with Crippen molar-refractivity contribution >= 4 is 64.0 Å². The number of halogens is 4. The van der Waals surface area contributed by atoms with E-state index in [4.69, 9.17) is 60.6 Å². The quantitative estimate of drug-likeness (QED) is 0.424. The van der Waals surface area contributed by atoms with Gasteiger partial charge in [-0.25, -0.2) is 4.79 Å². The van der Waals surface area contributed by atoms with Crippen molar-refractivity contribution in [2.75, 3.05) is 25.1 Å². The van der Waals surface area contributed by atoms with Crippen LogP contribution < -0.4 is 14.8 Å². The molecule has 1 N–H and O–H groups in total. The lowest BCUT2D eigenvalue weighted by Gasteiger charge is -2.13. The number of anilines is 1. The minimum Gasteiger partial charge on any atom is -0.490 e. The van der Waals surface area contributed by atoms with Crippen molar-refractivity contribution in [1.82, 2.24) is 0 Å². The van der Waals surface area contributed by atoms with Gasteiger partial charge >= 0.3 is 5.97 Å². The van der Waals surface area contributed by atoms with Crippen molar-refractivity contribution < 1.29 is 23.8 Å². The molecular weight excluding hydrogens is 452 g/mol. The van der Waals surface area contributed by atoms with Crippen LogP contribution >= 0.6 is 46.4 Å². The van der Waals surface area contributed by atoms with Crippen LogP contribution in [0.25, 0.3) is 0 Å². The summed E-state index contributed by atoms with van der Waals surface area (Å²) in [5.41, 5.74) is 0.0313. The standard InChI is InChI=1S/C18H15Cl4NO5/c1-2-26-12-5-3-4-6-13(12)27-9-15(25)28-8-14(24)23-18-16(21)10(19)7-11(20)17(18)22/h3-7H,2,8-9H2,1H3,(H,23,24). The highest BCUT2D eigenvalue weighted by molar-refractivity contribution is 6.50. The molecule has 0 fully saturated rings. The van der Waals surface area contributed by atoms with E-state index in [1.165, 1.54) is 6.07 Å². The first-order valence-electron chi connectivity index (χ1n) is 7.96. The van der Waals surface area contributed by atoms with Gasteiger partial charge in [0.05, 0.1) is 32.4 Å². The van der Waals surface area contributed by atoms with Gasteiger partial charge in [-0.15, -0.1) is 0 Å². The number of rotatable bonds is 8. The second-order valence-corrected chi connectivity index (χ2v) is 6.79. The Morgan fingerprint density at radius 3 is 2.07 bits per heavy atom. The average Bonchev–Trinajstić information content (AvgIpc) is 2.67. The summed E-state index contributed by atoms with van der Waals surface area (Å²) in [5.74, 6) is -0.538. The molecule has 2 aromatic carbocycles. The minimum atomic E-state index is -0.747. The van der Waals surface area contributed by atoms with Crippen molar-refractivity contribution in [2.45, 2.75) is 6.92 Å². The highest BCUT2D eigenvalue weighted by atomic mass is 35.5. The molecule has 0 radical (unpaired) electrons. The summed E-state index contributed by atoms with van der Waals surface area (Å²) >= 11 is 23.8. The zero-order valence-electron chi connectivity index (χ0n) is 14.6. The van der Waals surface area contributed by atoms with E-state index in [2.05, 4.69) is 5.32 Å². The molecular formula is C18H15Cl4NO5. The Labute approximate surface area is 181 Å². The summed E-state index contributed by atoms with van der Waals surface area (Å²) in [6, 6.07) is 8.22. The summed E-state index contributed by atoms with van der Waals surface area (Å²) in [6.07, 6.45) is 0. The largest absolute Gasteiger partial charge is 0.490 e. The Balaban J connectivity index is 1.88. The molecule has 0 bridgehead atoms. The SMILES string of the molecule is CCOc1ccccc1OCC(=O)OCC(=O)Nc1c(Cl)c(Cl)cc(Cl)c1Cl. The molecule has 28 heavy (non-hydrogen) atoms. The number of esters is 1. The predicted octanol–water partition coefficient (Wildman–Crippen LogP) is 5.26. The Bertz CT molecular complexity index is 849. The van der Waals surface area contributed by atoms with E-state index >= 15 is 0 Å². The molecule has 0 atom stereocenters. The molecule has 0 unspecified atom stereocenters. The number of nitrogens with one attached hydrogen (secondary N) is 1. The molecule has 0 spiro atoms. The molecule has 0 saturated carbocycles. The van der Waals surface area contributed by atoms with Crippen molar-refractivity contribution in [3.8, 4) is 11.5 Å². The van der Waals surface area contributed by atoms with Crippen molar-refractivity contribution in [3.63, 3.8) is 0 Å². The summed E-state index contributed by atoms with van der Waals surface area (Å²) in [7, 11) is 0. The summed E-state index contributed by atoms with van der Waals surface area (Å²) in [5, 5.41) is 2.68. The fourth-order valence-electron chi connectivity index (χ4n) is 2.03. The molecule has 0 aromatic heterocycles. The van der Waals surface area contributed by atoms with Crippen LogP contribution in [0.15, 0.2) is 30.3 Å². The third kappa shape index (κ3) is 6.07. The van der Waals surface area contributed by atoms with Gasteiger partial charge in [0.1, 0.15) is 0 Å². The molecule has 0 aliphatic carbocycles. The van der Waals surface area contributed by atoms with Crippen molar-refractivity contribution in [3.05, 3.63) is 50.4 Å². The van der Waals surface area contributed by atoms with E-state index < -0.39 is 25.1 Å². The van der Waals surface area contributed by atoms with Gasteiger partial charge in [-0.1, -0.05) is 58.5 Å². The van der Waals surface area contributed by atoms with Crippen LogP contribution in [0.5, 0.6) is 11.5 Å². The van der Waals surface area contributed by atoms with Crippen LogP contribution in [0.2, 0.25) is 20.1 Å². The highest BCUT2D eigenvalue weighted by Crippen LogP contribution is 2.40. The van der Waals surface area contributed by atoms with E-state index in [9.17, 15) is 9.59 Å². The van der Waals surface area contributed by atoms with Gasteiger partial charge in [-0.2, -0.15) is 0 Å². The Morgan fingerprint density at radius 1 is 0.929 bits per heavy atom. The fraction of sp³-hybridized carbons (Fsp3) is 0.222. The van der Waals surface area contributed by atoms with Gasteiger partial charge in [0.15, 0.2) is 24.7 Å². The van der Waals surface area contributed by atoms with E-state index in [0.717, 1.165) is 0 Å². The topological polar surface area (TPSA) is 73.9 Å². The summed E-state index contributed by atoms with van der Waals surface area (Å²) in [6.45, 7) is 1.30. The lowest BCUT2D eigenvalue weighted by Crippen LogP contribution is -2.24. The summed E-state index contributed by atoms with van der Waals surface area (Å²) in [4.78, 5) is 23.8. The zero-order chi connectivity index (χ0) is 20.7. The molecule has 0 aliphatic rings. The Kier molecular flexibility index (Phi) is 8.51. The molecule has 0 aliphatic heterocycles. The molecule has 150 valence electrons. The zero-order valence-corrected chi connectivity index (χ0v) is 17.6. The first kappa shape index (κ1) is 22.4. The number of ether oxygens (including phenoxy) is 3. The smallest absolute Gasteiger partial charge is 0.344 e. The van der Waals surface area contributed by atoms with Crippen LogP contribution in [0.3, 0.4) is 0 Å². The molecule has 2 rings (SSSR count). The fourth-order valence-corrected chi connectivity index (χ4v) is 2.93. The number of carbonyl (C=O) groups excluding carboxylic acids is 2. The van der Waals surface area contributed by atoms with E-state index in [0.29, 0.717) is 18.1 Å². The van der Waals surface area contributed by atoms with Gasteiger partial charge < -0.3 is 19.5 Å². The van der Waals surface area contributed by atoms with Crippen LogP contribution in [0.4, 0.5) is 5.69 Å². The van der Waals surface area contributed by atoms with Gasteiger partial charge in [-0.3, -0.25) is 4.79 Å². The number of amides is 1. The maximum atomic E-state index is 12.0. The molecule has 2 aromatic rings. The van der Waals surface area contributed by atoms with Gasteiger partial charge in [0.2, 0.25) is 0 Å². The maximum Gasteiger partial charge on any atom is 0.344 e. The highest BCUT2D eigenvalue weighted by Gasteiger charge is 2.17. The van der Waals surface area contributed by atoms with Gasteiger partial charge in [0, 0.05) is 0 Å². The lowest BCUT2D eigenvalue weighted by molar-refractivity contribution is -0.149. The first-order valence-corrected chi connectivity index (χ1v) is 9.47. The lowest BCUT2D eigenvalue weighted by atomic mass is 10.3. The molecule has 10 heteroatoms. The van der Waals surface area contributed by atoms with E-state index in [1.807, 2.05) is 6.92 Å². The molecule has 0 heterocycles. The monoisotopic (exact) mass is 465 g/mol. The van der Waals surface area contributed by atoms with Crippen LogP contribution in [-0.4, -0.2) is 31.7 Å². The molecule has 1 amide bonds. The van der Waals surface area contributed by atoms with Crippen LogP contribution in [0.1, 0.15) is 6.92 Å². The average molecular weight is 467 g/mol. The van der Waals surface area contributed by atoms with Gasteiger partial charge in [0.25, 0.3) is 5.91 Å². The van der Waals surface area contributed by atoms with Gasteiger partial charge in [-0.05, 0) is 25.1 Å². The van der Waals surface area contributed by atoms with Crippen molar-refractivity contribution in [2.24, 2.45) is 0 Å². The number of para-hydroxylation sites is 2. The van der Waals surface area contributed by atoms with E-state index in [-0.39, 0.29) is 25.8 Å². The second kappa shape index (κ2) is 10.6. The maximum absolute atomic E-state index is 12.0. The molecule has 0 saturated heterocycles. The minimum absolute atomic E-state index is 0.0200. The normalized spacial score (nSPS) is 10.3. The number of carbonyl (C=O) groups is 2. The number of hydrogen-bond acceptors (Lipinski definition) is 5. The number of benzene rings is 2. The van der Waals surface area contributed by atoms with Crippen LogP contribution in [0, 0.1) is 0 Å². The predicted molar refractivity (Wildman–Crippen MR) is 109 cm³/mol. The Hall–Kier alpha value is -1.86. The Morgan fingerprint density at radius 2 is 1.50 bits per heavy atom. The van der Waals surface area contributed by atoms with E-state index in [1.54, 1.807) is 24.3 Å². The number of hydrogen-bond donors (Lipinski definition) is 1. The third-order valence-electron chi connectivity index (χ3n) is 3.23. The van der Waals surface area contributed by atoms with Crippen molar-refractivity contribution in [1.29, 1.82) is 0 Å². The second-order valence-electron chi connectivity index (χ2n) is 5.22. The third-order valence-corrected chi connectivity index (χ3v) is 4.81. The first-order chi connectivity index (χ1) is 13.3. The van der Waals surface area contributed by atoms with Crippen LogP contribution in [-0.2, 0) is 14.3 Å². The molecule has 6 nitrogen and oxygen atoms in total.